The fraction of sp³-hybridized carbons (Fsp3) is 0.300. The van der Waals surface area contributed by atoms with E-state index < -0.39 is 31.9 Å². The summed E-state index contributed by atoms with van der Waals surface area (Å²) in [4.78, 5) is 11.6. The number of esters is 1. The van der Waals surface area contributed by atoms with Crippen LogP contribution in [-0.4, -0.2) is 30.2 Å². The zero-order valence-electron chi connectivity index (χ0n) is 13.0. The van der Waals surface area contributed by atoms with Crippen molar-refractivity contribution in [2.75, 3.05) is 7.11 Å². The first-order valence-electron chi connectivity index (χ1n) is 6.61. The lowest BCUT2D eigenvalue weighted by Crippen LogP contribution is -2.30. The summed E-state index contributed by atoms with van der Waals surface area (Å²) in [7, 11) is -0.815. The minimum absolute atomic E-state index is 0.0736. The van der Waals surface area contributed by atoms with Gasteiger partial charge in [-0.15, -0.1) is 0 Å². The Morgan fingerprint density at radius 2 is 2.40 bits per heavy atom. The van der Waals surface area contributed by atoms with Crippen LogP contribution in [0, 0.1) is 0 Å². The first-order valence-corrected chi connectivity index (χ1v) is 4.11. The van der Waals surface area contributed by atoms with E-state index in [2.05, 4.69) is 4.74 Å². The standard InChI is InChI=1S/C10H13BO4/c1-3-7-4-5-8(11(13)14)6-9(7)10(12)15-2/h4-6,13-14H,3H2,1-2H3/i1D3,3D2. The Bertz CT molecular complexity index is 515. The number of methoxy groups -OCH3 is 1. The lowest BCUT2D eigenvalue weighted by molar-refractivity contribution is 0.0599. The fourth-order valence-electron chi connectivity index (χ4n) is 1.11. The maximum absolute atomic E-state index is 11.6. The van der Waals surface area contributed by atoms with Crippen LogP contribution < -0.4 is 5.46 Å². The van der Waals surface area contributed by atoms with Crippen LogP contribution >= 0.6 is 0 Å². The van der Waals surface area contributed by atoms with Crippen molar-refractivity contribution in [1.29, 1.82) is 0 Å². The Kier molecular flexibility index (Phi) is 2.08. The van der Waals surface area contributed by atoms with E-state index in [-0.39, 0.29) is 11.0 Å². The van der Waals surface area contributed by atoms with Crippen molar-refractivity contribution >= 4 is 18.6 Å². The van der Waals surface area contributed by atoms with Gasteiger partial charge < -0.3 is 14.8 Å². The van der Waals surface area contributed by atoms with E-state index in [0.717, 1.165) is 25.3 Å². The van der Waals surface area contributed by atoms with Gasteiger partial charge in [-0.3, -0.25) is 0 Å². The molecule has 0 bridgehead atoms. The van der Waals surface area contributed by atoms with Crippen molar-refractivity contribution < 1.29 is 26.4 Å². The number of benzene rings is 1. The highest BCUT2D eigenvalue weighted by Gasteiger charge is 2.16. The van der Waals surface area contributed by atoms with Crippen LogP contribution in [0.5, 0.6) is 0 Å². The van der Waals surface area contributed by atoms with Crippen LogP contribution in [0.2, 0.25) is 0 Å². The summed E-state index contributed by atoms with van der Waals surface area (Å²) in [5, 5.41) is 18.1. The predicted molar refractivity (Wildman–Crippen MR) is 57.0 cm³/mol. The molecule has 0 fully saturated rings. The predicted octanol–water partition coefficient (Wildman–Crippen LogP) is -0.285. The molecule has 1 rings (SSSR count). The molecule has 0 saturated carbocycles. The molecule has 0 aliphatic rings. The van der Waals surface area contributed by atoms with Gasteiger partial charge in [0.2, 0.25) is 0 Å². The summed E-state index contributed by atoms with van der Waals surface area (Å²) in [6.07, 6.45) is -2.78. The number of rotatable bonds is 3. The molecule has 5 heteroatoms. The highest BCUT2D eigenvalue weighted by Crippen LogP contribution is 2.09. The van der Waals surface area contributed by atoms with Gasteiger partial charge in [-0.05, 0) is 23.5 Å². The van der Waals surface area contributed by atoms with Crippen LogP contribution in [0.15, 0.2) is 18.2 Å². The number of hydrogen-bond donors (Lipinski definition) is 2. The molecule has 2 N–H and O–H groups in total. The Morgan fingerprint density at radius 3 is 2.93 bits per heavy atom. The van der Waals surface area contributed by atoms with E-state index >= 15 is 0 Å². The maximum atomic E-state index is 11.6. The molecule has 0 unspecified atom stereocenters. The topological polar surface area (TPSA) is 66.8 Å². The van der Waals surface area contributed by atoms with Gasteiger partial charge in [0.05, 0.1) is 12.7 Å². The SMILES string of the molecule is [2H]C([2H])([2H])C([2H])([2H])c1ccc(B(O)O)cc1C(=O)OC. The van der Waals surface area contributed by atoms with Gasteiger partial charge >= 0.3 is 13.1 Å². The molecule has 0 aromatic heterocycles. The number of hydrogen-bond acceptors (Lipinski definition) is 4. The summed E-state index contributed by atoms with van der Waals surface area (Å²) >= 11 is 0. The van der Waals surface area contributed by atoms with Crippen LogP contribution in [0.1, 0.15) is 29.6 Å². The van der Waals surface area contributed by atoms with Crippen LogP contribution in [0.25, 0.3) is 0 Å². The van der Waals surface area contributed by atoms with Crippen LogP contribution in [0.4, 0.5) is 0 Å². The molecule has 0 atom stereocenters. The van der Waals surface area contributed by atoms with E-state index in [9.17, 15) is 4.79 Å². The second-order valence-electron chi connectivity index (χ2n) is 2.80. The molecule has 0 aliphatic heterocycles. The monoisotopic (exact) mass is 213 g/mol. The number of aryl methyl sites for hydroxylation is 1. The van der Waals surface area contributed by atoms with E-state index in [0.29, 0.717) is 0 Å². The summed E-state index contributed by atoms with van der Waals surface area (Å²) in [6.45, 7) is -2.99. The van der Waals surface area contributed by atoms with Crippen molar-refractivity contribution in [3.05, 3.63) is 29.3 Å². The van der Waals surface area contributed by atoms with Gasteiger partial charge in [0, 0.05) is 6.85 Å². The number of ether oxygens (including phenoxy) is 1. The van der Waals surface area contributed by atoms with Gasteiger partial charge in [0.25, 0.3) is 0 Å². The Morgan fingerprint density at radius 1 is 1.67 bits per heavy atom. The largest absolute Gasteiger partial charge is 0.488 e. The quantitative estimate of drug-likeness (QED) is 0.535. The highest BCUT2D eigenvalue weighted by atomic mass is 16.5. The van der Waals surface area contributed by atoms with Crippen molar-refractivity contribution in [1.82, 2.24) is 0 Å². The molecular weight excluding hydrogens is 195 g/mol. The molecule has 0 aliphatic carbocycles. The second-order valence-corrected chi connectivity index (χ2v) is 2.80. The highest BCUT2D eigenvalue weighted by molar-refractivity contribution is 6.58. The molecule has 0 spiro atoms. The van der Waals surface area contributed by atoms with Gasteiger partial charge in [-0.2, -0.15) is 0 Å². The zero-order valence-corrected chi connectivity index (χ0v) is 8.02. The lowest BCUT2D eigenvalue weighted by Gasteiger charge is -2.08. The third-order valence-electron chi connectivity index (χ3n) is 1.88. The molecular formula is C10H13BO4. The molecule has 1 aromatic rings. The molecule has 80 valence electrons. The summed E-state index contributed by atoms with van der Waals surface area (Å²) in [5.41, 5.74) is -0.830. The zero-order chi connectivity index (χ0) is 15.7. The average molecular weight is 213 g/mol. The van der Waals surface area contributed by atoms with E-state index in [1.54, 1.807) is 0 Å². The Labute approximate surface area is 95.7 Å². The molecule has 0 amide bonds. The first-order chi connectivity index (χ1) is 9.02. The second kappa shape index (κ2) is 4.95. The van der Waals surface area contributed by atoms with Crippen LogP contribution in [-0.2, 0) is 11.1 Å². The minimum Gasteiger partial charge on any atom is -0.465 e. The Balaban J connectivity index is 3.51. The van der Waals surface area contributed by atoms with E-state index in [1.807, 2.05) is 0 Å². The molecule has 0 heterocycles. The van der Waals surface area contributed by atoms with E-state index in [1.165, 1.54) is 0 Å². The molecule has 0 saturated heterocycles. The third kappa shape index (κ3) is 2.58. The molecule has 4 nitrogen and oxygen atoms in total. The molecule has 0 radical (unpaired) electrons. The molecule has 1 aromatic carbocycles. The third-order valence-corrected chi connectivity index (χ3v) is 1.88. The van der Waals surface area contributed by atoms with Crippen molar-refractivity contribution in [2.45, 2.75) is 13.2 Å². The fourth-order valence-corrected chi connectivity index (χ4v) is 1.11. The molecule has 15 heavy (non-hydrogen) atoms. The van der Waals surface area contributed by atoms with Crippen molar-refractivity contribution in [2.24, 2.45) is 0 Å². The van der Waals surface area contributed by atoms with E-state index in [4.69, 9.17) is 16.9 Å². The number of carbonyl (C=O) groups is 1. The van der Waals surface area contributed by atoms with Gasteiger partial charge in [0.1, 0.15) is 0 Å². The van der Waals surface area contributed by atoms with Gasteiger partial charge in [-0.25, -0.2) is 4.79 Å². The minimum atomic E-state index is -2.99. The van der Waals surface area contributed by atoms with Crippen molar-refractivity contribution in [3.63, 3.8) is 0 Å². The summed E-state index contributed by atoms with van der Waals surface area (Å²) in [6, 6.07) is 3.17. The Hall–Kier alpha value is -1.33. The average Bonchev–Trinajstić information content (AvgIpc) is 2.35. The smallest absolute Gasteiger partial charge is 0.465 e. The van der Waals surface area contributed by atoms with Gasteiger partial charge in [-0.1, -0.05) is 19.0 Å². The van der Waals surface area contributed by atoms with Crippen molar-refractivity contribution in [3.8, 4) is 0 Å². The first kappa shape index (κ1) is 6.30. The maximum Gasteiger partial charge on any atom is 0.488 e. The van der Waals surface area contributed by atoms with Crippen LogP contribution in [0.3, 0.4) is 0 Å². The normalized spacial score (nSPS) is 16.6. The van der Waals surface area contributed by atoms with Gasteiger partial charge in [0.15, 0.2) is 0 Å². The summed E-state index contributed by atoms with van der Waals surface area (Å²) in [5.74, 6) is -0.962. The summed E-state index contributed by atoms with van der Waals surface area (Å²) < 4.78 is 41.5. The lowest BCUT2D eigenvalue weighted by atomic mass is 9.78. The number of carbonyl (C=O) groups excluding carboxylic acids is 1.